The van der Waals surface area contributed by atoms with E-state index in [0.29, 0.717) is 28.1 Å². The van der Waals surface area contributed by atoms with Gasteiger partial charge in [-0.05, 0) is 80.5 Å². The Morgan fingerprint density at radius 3 is 2.50 bits per heavy atom. The van der Waals surface area contributed by atoms with Gasteiger partial charge in [0.05, 0.1) is 22.3 Å². The lowest BCUT2D eigenvalue weighted by Crippen LogP contribution is -2.32. The summed E-state index contributed by atoms with van der Waals surface area (Å²) >= 11 is 0. The molecule has 3 aromatic rings. The number of benzene rings is 1. The predicted octanol–water partition coefficient (Wildman–Crippen LogP) is 5.30. The molecule has 3 heterocycles. The average Bonchev–Trinajstić information content (AvgIpc) is 2.87. The molecule has 34 heavy (non-hydrogen) atoms. The number of aryl methyl sites for hydroxylation is 1. The van der Waals surface area contributed by atoms with Gasteiger partial charge in [-0.15, -0.1) is 0 Å². The minimum absolute atomic E-state index is 0.296. The van der Waals surface area contributed by atoms with Crippen molar-refractivity contribution in [3.63, 3.8) is 0 Å². The van der Waals surface area contributed by atoms with E-state index in [-0.39, 0.29) is 5.82 Å². The van der Waals surface area contributed by atoms with E-state index in [4.69, 9.17) is 4.98 Å². The van der Waals surface area contributed by atoms with Crippen molar-refractivity contribution in [3.05, 3.63) is 76.7 Å². The maximum atomic E-state index is 15.2. The van der Waals surface area contributed by atoms with Crippen LogP contribution < -0.4 is 10.6 Å². The Labute approximate surface area is 202 Å². The minimum atomic E-state index is -0.296. The van der Waals surface area contributed by atoms with Crippen LogP contribution in [0.4, 0.5) is 4.39 Å². The van der Waals surface area contributed by atoms with Gasteiger partial charge in [0.2, 0.25) is 0 Å². The number of halogens is 1. The largest absolute Gasteiger partial charge is 0.304 e. The summed E-state index contributed by atoms with van der Waals surface area (Å²) in [5, 5.41) is 11.0. The summed E-state index contributed by atoms with van der Waals surface area (Å²) in [6.45, 7) is 19.1. The smallest absolute Gasteiger partial charge is 0.133 e. The molecule has 2 aromatic heterocycles. The number of rotatable bonds is 5. The molecule has 4 rings (SSSR count). The number of fused-ring (bicyclic) bond motifs is 1. The Balaban J connectivity index is 0.00000158. The molecular formula is C29H35FN4. The molecule has 0 N–H and O–H groups in total. The van der Waals surface area contributed by atoms with Crippen LogP contribution in [0.5, 0.6) is 0 Å². The summed E-state index contributed by atoms with van der Waals surface area (Å²) in [5.41, 5.74) is 3.80. The van der Waals surface area contributed by atoms with Crippen LogP contribution >= 0.6 is 0 Å². The van der Waals surface area contributed by atoms with E-state index < -0.39 is 0 Å². The molecule has 1 saturated heterocycles. The molecule has 1 aliphatic rings. The third kappa shape index (κ3) is 5.65. The van der Waals surface area contributed by atoms with Crippen molar-refractivity contribution in [2.75, 3.05) is 19.6 Å². The number of hydrogen-bond donors (Lipinski definition) is 0. The highest BCUT2D eigenvalue weighted by Gasteiger charge is 2.22. The lowest BCUT2D eigenvalue weighted by molar-refractivity contribution is 0.220. The van der Waals surface area contributed by atoms with E-state index in [0.717, 1.165) is 54.3 Å². The van der Waals surface area contributed by atoms with E-state index >= 15 is 4.39 Å². The van der Waals surface area contributed by atoms with Crippen molar-refractivity contribution in [1.29, 1.82) is 0 Å². The van der Waals surface area contributed by atoms with Crippen LogP contribution in [0.1, 0.15) is 50.8 Å². The number of nitrogens with zero attached hydrogens (tertiary/aromatic N) is 4. The Morgan fingerprint density at radius 2 is 1.82 bits per heavy atom. The standard InChI is InChI=1S/C27H29FN4.C2H6/c1-5-7-8-9-24-19(4)18(3)14-25(29-24)21-15-23(28)22-17-26(30-31-27(22)16-21)20-10-12-32(6-2)13-11-20;1-2/h5,7-9,14-17,20H,1,4,6,10-13H2,2-3H3;1-2H3/b8-7+,24-9+;. The van der Waals surface area contributed by atoms with Gasteiger partial charge in [-0.25, -0.2) is 9.37 Å². The first-order chi connectivity index (χ1) is 16.5. The quantitative estimate of drug-likeness (QED) is 0.487. The lowest BCUT2D eigenvalue weighted by atomic mass is 9.92. The molecule has 1 aromatic carbocycles. The number of pyridine rings is 1. The van der Waals surface area contributed by atoms with E-state index in [2.05, 4.69) is 35.2 Å². The van der Waals surface area contributed by atoms with Gasteiger partial charge in [-0.1, -0.05) is 52.2 Å². The first kappa shape index (κ1) is 25.4. The maximum absolute atomic E-state index is 15.2. The fraction of sp³-hybridized carbons (Fsp3) is 0.345. The van der Waals surface area contributed by atoms with Crippen LogP contribution in [-0.4, -0.2) is 39.7 Å². The molecule has 0 unspecified atom stereocenters. The number of hydrogen-bond acceptors (Lipinski definition) is 4. The fourth-order valence-corrected chi connectivity index (χ4v) is 4.24. The lowest BCUT2D eigenvalue weighted by Gasteiger charge is -2.30. The summed E-state index contributed by atoms with van der Waals surface area (Å²) in [6.07, 6.45) is 9.36. The van der Waals surface area contributed by atoms with Crippen LogP contribution in [0, 0.1) is 12.7 Å². The first-order valence-corrected chi connectivity index (χ1v) is 12.2. The van der Waals surface area contributed by atoms with Gasteiger partial charge in [-0.2, -0.15) is 10.2 Å². The molecule has 1 aliphatic heterocycles. The van der Waals surface area contributed by atoms with Crippen molar-refractivity contribution in [1.82, 2.24) is 20.1 Å². The highest BCUT2D eigenvalue weighted by atomic mass is 19.1. The summed E-state index contributed by atoms with van der Waals surface area (Å²) in [5.74, 6) is 0.0410. The third-order valence-corrected chi connectivity index (χ3v) is 6.30. The average molecular weight is 459 g/mol. The summed E-state index contributed by atoms with van der Waals surface area (Å²) < 4.78 is 15.2. The van der Waals surface area contributed by atoms with Crippen molar-refractivity contribution < 1.29 is 4.39 Å². The summed E-state index contributed by atoms with van der Waals surface area (Å²) in [4.78, 5) is 7.14. The SMILES string of the molecule is C=C/C=C/C=c1/nc(-c2cc(F)c3cc(C4CCN(CC)CC4)nnc3c2)cc(C)c1=C.CC. The van der Waals surface area contributed by atoms with Crippen molar-refractivity contribution in [2.45, 2.75) is 46.5 Å². The first-order valence-electron chi connectivity index (χ1n) is 12.2. The van der Waals surface area contributed by atoms with Crippen LogP contribution in [0.25, 0.3) is 34.8 Å². The zero-order valence-electron chi connectivity index (χ0n) is 20.8. The van der Waals surface area contributed by atoms with E-state index in [9.17, 15) is 0 Å². The zero-order valence-corrected chi connectivity index (χ0v) is 20.8. The molecule has 0 bridgehead atoms. The van der Waals surface area contributed by atoms with Gasteiger partial charge < -0.3 is 4.90 Å². The molecule has 0 radical (unpaired) electrons. The molecule has 5 heteroatoms. The molecule has 0 amide bonds. The fourth-order valence-electron chi connectivity index (χ4n) is 4.24. The molecule has 178 valence electrons. The zero-order chi connectivity index (χ0) is 24.7. The van der Waals surface area contributed by atoms with Crippen LogP contribution in [-0.2, 0) is 0 Å². The highest BCUT2D eigenvalue weighted by Crippen LogP contribution is 2.30. The topological polar surface area (TPSA) is 41.9 Å². The Hall–Kier alpha value is -3.18. The van der Waals surface area contributed by atoms with E-state index in [1.54, 1.807) is 12.1 Å². The second kappa shape index (κ2) is 11.8. The van der Waals surface area contributed by atoms with Crippen LogP contribution in [0.15, 0.2) is 49.1 Å². The predicted molar refractivity (Wildman–Crippen MR) is 141 cm³/mol. The Morgan fingerprint density at radius 1 is 1.09 bits per heavy atom. The molecule has 1 fully saturated rings. The normalized spacial score (nSPS) is 15.5. The second-order valence-corrected chi connectivity index (χ2v) is 8.34. The minimum Gasteiger partial charge on any atom is -0.304 e. The maximum Gasteiger partial charge on any atom is 0.133 e. The van der Waals surface area contributed by atoms with Crippen molar-refractivity contribution >= 4 is 23.6 Å². The van der Waals surface area contributed by atoms with Gasteiger partial charge in [0.25, 0.3) is 0 Å². The van der Waals surface area contributed by atoms with Crippen LogP contribution in [0.2, 0.25) is 0 Å². The molecular weight excluding hydrogens is 423 g/mol. The number of aromatic nitrogens is 3. The van der Waals surface area contributed by atoms with E-state index in [1.165, 1.54) is 0 Å². The Kier molecular flexibility index (Phi) is 8.83. The molecule has 0 atom stereocenters. The summed E-state index contributed by atoms with van der Waals surface area (Å²) in [7, 11) is 0. The van der Waals surface area contributed by atoms with Crippen LogP contribution in [0.3, 0.4) is 0 Å². The molecule has 4 nitrogen and oxygen atoms in total. The molecule has 0 aliphatic carbocycles. The van der Waals surface area contributed by atoms with E-state index in [1.807, 2.05) is 57.2 Å². The van der Waals surface area contributed by atoms with Gasteiger partial charge in [0.15, 0.2) is 0 Å². The third-order valence-electron chi connectivity index (χ3n) is 6.30. The van der Waals surface area contributed by atoms with Gasteiger partial charge in [-0.3, -0.25) is 0 Å². The van der Waals surface area contributed by atoms with Gasteiger partial charge >= 0.3 is 0 Å². The monoisotopic (exact) mass is 458 g/mol. The number of allylic oxidation sites excluding steroid dienone is 3. The Bertz CT molecular complexity index is 1290. The molecule has 0 spiro atoms. The molecule has 0 saturated carbocycles. The van der Waals surface area contributed by atoms with Gasteiger partial charge in [0.1, 0.15) is 5.82 Å². The van der Waals surface area contributed by atoms with Crippen molar-refractivity contribution in [3.8, 4) is 11.3 Å². The highest BCUT2D eigenvalue weighted by molar-refractivity contribution is 5.84. The van der Waals surface area contributed by atoms with Gasteiger partial charge in [0, 0.05) is 16.9 Å². The second-order valence-electron chi connectivity index (χ2n) is 8.34. The number of piperidine rings is 1. The summed E-state index contributed by atoms with van der Waals surface area (Å²) in [6, 6.07) is 7.22. The van der Waals surface area contributed by atoms with Crippen molar-refractivity contribution in [2.24, 2.45) is 0 Å². The number of likely N-dealkylation sites (tertiary alicyclic amines) is 1.